The molecule has 1 N–H and O–H groups in total. The SMILES string of the molecule is CC(CC(=O)O[C@@H]1C[C@H](C)CC[C@H]1C(C)C)C(=O)c1ccc2c(NCc3ccccc3)ncnc2c1. The molecule has 1 aromatic heterocycles. The molecule has 1 unspecified atom stereocenters. The molecule has 0 radical (unpaired) electrons. The minimum atomic E-state index is -0.467. The Bertz CT molecular complexity index is 1190. The summed E-state index contributed by atoms with van der Waals surface area (Å²) >= 11 is 0. The zero-order chi connectivity index (χ0) is 25.7. The first kappa shape index (κ1) is 25.8. The normalized spacial score (nSPS) is 20.8. The molecule has 1 aliphatic carbocycles. The van der Waals surface area contributed by atoms with Gasteiger partial charge < -0.3 is 10.1 Å². The molecule has 1 fully saturated rings. The van der Waals surface area contributed by atoms with Crippen molar-refractivity contribution in [1.82, 2.24) is 9.97 Å². The van der Waals surface area contributed by atoms with Crippen molar-refractivity contribution in [2.24, 2.45) is 23.7 Å². The van der Waals surface area contributed by atoms with Crippen molar-refractivity contribution < 1.29 is 14.3 Å². The molecule has 4 atom stereocenters. The molecule has 0 aliphatic heterocycles. The lowest BCUT2D eigenvalue weighted by Gasteiger charge is -2.36. The molecule has 190 valence electrons. The second-order valence-electron chi connectivity index (χ2n) is 10.6. The van der Waals surface area contributed by atoms with E-state index in [1.165, 1.54) is 12.7 Å². The summed E-state index contributed by atoms with van der Waals surface area (Å²) in [5.41, 5.74) is 2.39. The minimum absolute atomic E-state index is 0.0530. The van der Waals surface area contributed by atoms with Crippen LogP contribution in [0.15, 0.2) is 54.9 Å². The zero-order valence-electron chi connectivity index (χ0n) is 21.7. The summed E-state index contributed by atoms with van der Waals surface area (Å²) in [5, 5.41) is 4.21. The Hall–Kier alpha value is -3.28. The first-order valence-electron chi connectivity index (χ1n) is 13.1. The second-order valence-corrected chi connectivity index (χ2v) is 10.6. The highest BCUT2D eigenvalue weighted by Gasteiger charge is 2.34. The fraction of sp³-hybridized carbons (Fsp3) is 0.467. The van der Waals surface area contributed by atoms with Crippen LogP contribution in [0.5, 0.6) is 0 Å². The maximum atomic E-state index is 13.2. The van der Waals surface area contributed by atoms with Gasteiger partial charge >= 0.3 is 5.97 Å². The van der Waals surface area contributed by atoms with Crippen LogP contribution in [0.1, 0.15) is 69.3 Å². The summed E-state index contributed by atoms with van der Waals surface area (Å²) in [6.07, 6.45) is 4.71. The van der Waals surface area contributed by atoms with E-state index in [1.807, 2.05) is 24.3 Å². The predicted octanol–water partition coefficient (Wildman–Crippen LogP) is 6.45. The van der Waals surface area contributed by atoms with Gasteiger partial charge in [0.05, 0.1) is 11.9 Å². The smallest absolute Gasteiger partial charge is 0.306 e. The van der Waals surface area contributed by atoms with Crippen molar-refractivity contribution in [3.8, 4) is 0 Å². The number of esters is 1. The molecular weight excluding hydrogens is 450 g/mol. The topological polar surface area (TPSA) is 81.2 Å². The van der Waals surface area contributed by atoms with Crippen LogP contribution in [0, 0.1) is 23.7 Å². The lowest BCUT2D eigenvalue weighted by Crippen LogP contribution is -2.36. The van der Waals surface area contributed by atoms with E-state index >= 15 is 0 Å². The van der Waals surface area contributed by atoms with Gasteiger partial charge in [-0.1, -0.05) is 70.5 Å². The summed E-state index contributed by atoms with van der Waals surface area (Å²) in [6, 6.07) is 15.5. The molecule has 1 saturated carbocycles. The van der Waals surface area contributed by atoms with E-state index in [2.05, 4.69) is 48.2 Å². The number of ketones is 1. The molecule has 0 spiro atoms. The largest absolute Gasteiger partial charge is 0.462 e. The third-order valence-corrected chi connectivity index (χ3v) is 7.39. The first-order valence-corrected chi connectivity index (χ1v) is 13.1. The molecule has 0 bridgehead atoms. The van der Waals surface area contributed by atoms with E-state index in [0.717, 1.165) is 29.6 Å². The number of nitrogens with one attached hydrogen (secondary N) is 1. The molecule has 4 rings (SSSR count). The number of hydrogen-bond donors (Lipinski definition) is 1. The summed E-state index contributed by atoms with van der Waals surface area (Å²) in [5.74, 6) is 1.32. The maximum absolute atomic E-state index is 13.2. The van der Waals surface area contributed by atoms with E-state index in [-0.39, 0.29) is 24.3 Å². The van der Waals surface area contributed by atoms with Crippen LogP contribution in [-0.4, -0.2) is 27.8 Å². The summed E-state index contributed by atoms with van der Waals surface area (Å²) in [4.78, 5) is 34.7. The molecule has 0 saturated heterocycles. The van der Waals surface area contributed by atoms with Crippen molar-refractivity contribution in [2.45, 2.75) is 66.0 Å². The number of carbonyl (C=O) groups excluding carboxylic acids is 2. The van der Waals surface area contributed by atoms with Gasteiger partial charge in [0.1, 0.15) is 18.2 Å². The second kappa shape index (κ2) is 11.6. The highest BCUT2D eigenvalue weighted by Crippen LogP contribution is 2.35. The number of fused-ring (bicyclic) bond motifs is 1. The van der Waals surface area contributed by atoms with Gasteiger partial charge in [0.2, 0.25) is 0 Å². The van der Waals surface area contributed by atoms with Gasteiger partial charge in [0.25, 0.3) is 0 Å². The number of aromatic nitrogens is 2. The number of anilines is 1. The number of Topliss-reactive ketones (excluding diaryl/α,β-unsaturated/α-hetero) is 1. The Labute approximate surface area is 213 Å². The van der Waals surface area contributed by atoms with Gasteiger partial charge in [-0.3, -0.25) is 9.59 Å². The van der Waals surface area contributed by atoms with E-state index in [9.17, 15) is 9.59 Å². The molecule has 0 amide bonds. The number of rotatable bonds is 9. The Morgan fingerprint density at radius 1 is 1.06 bits per heavy atom. The van der Waals surface area contributed by atoms with Gasteiger partial charge in [-0.2, -0.15) is 0 Å². The number of nitrogens with zero attached hydrogens (tertiary/aromatic N) is 2. The fourth-order valence-electron chi connectivity index (χ4n) is 5.23. The Morgan fingerprint density at radius 3 is 2.58 bits per heavy atom. The highest BCUT2D eigenvalue weighted by molar-refractivity contribution is 6.02. The average Bonchev–Trinajstić information content (AvgIpc) is 2.87. The predicted molar refractivity (Wildman–Crippen MR) is 143 cm³/mol. The lowest BCUT2D eigenvalue weighted by molar-refractivity contribution is -0.156. The molecule has 1 heterocycles. The van der Waals surface area contributed by atoms with Crippen LogP contribution in [-0.2, 0) is 16.1 Å². The number of ether oxygens (including phenoxy) is 1. The monoisotopic (exact) mass is 487 g/mol. The molecule has 36 heavy (non-hydrogen) atoms. The van der Waals surface area contributed by atoms with Crippen LogP contribution in [0.3, 0.4) is 0 Å². The van der Waals surface area contributed by atoms with E-state index < -0.39 is 5.92 Å². The standard InChI is InChI=1S/C30H37N3O3/c1-19(2)24-12-10-20(3)14-27(24)36-28(34)15-21(4)29(35)23-11-13-25-26(16-23)32-18-33-30(25)31-17-22-8-6-5-7-9-22/h5-9,11,13,16,18-21,24,27H,10,12,14-15,17H2,1-4H3,(H,31,32,33)/t20-,21?,24+,27-/m1/s1. The fourth-order valence-corrected chi connectivity index (χ4v) is 5.23. The van der Waals surface area contributed by atoms with Crippen molar-refractivity contribution in [3.05, 3.63) is 66.0 Å². The van der Waals surface area contributed by atoms with Gasteiger partial charge in [0.15, 0.2) is 5.78 Å². The van der Waals surface area contributed by atoms with Gasteiger partial charge in [-0.15, -0.1) is 0 Å². The summed E-state index contributed by atoms with van der Waals surface area (Å²) < 4.78 is 5.92. The number of carbonyl (C=O) groups is 2. The molecule has 2 aromatic carbocycles. The number of hydrogen-bond acceptors (Lipinski definition) is 6. The van der Waals surface area contributed by atoms with Crippen LogP contribution in [0.4, 0.5) is 5.82 Å². The zero-order valence-corrected chi connectivity index (χ0v) is 21.7. The number of benzene rings is 2. The van der Waals surface area contributed by atoms with Crippen molar-refractivity contribution in [1.29, 1.82) is 0 Å². The van der Waals surface area contributed by atoms with Crippen molar-refractivity contribution in [3.63, 3.8) is 0 Å². The van der Waals surface area contributed by atoms with Gasteiger partial charge in [-0.25, -0.2) is 9.97 Å². The maximum Gasteiger partial charge on any atom is 0.306 e. The van der Waals surface area contributed by atoms with Crippen molar-refractivity contribution in [2.75, 3.05) is 5.32 Å². The Balaban J connectivity index is 1.40. The third kappa shape index (κ3) is 6.28. The van der Waals surface area contributed by atoms with Crippen LogP contribution < -0.4 is 5.32 Å². The first-order chi connectivity index (χ1) is 17.3. The van der Waals surface area contributed by atoms with Gasteiger partial charge in [-0.05, 0) is 48.3 Å². The summed E-state index contributed by atoms with van der Waals surface area (Å²) in [7, 11) is 0. The van der Waals surface area contributed by atoms with Crippen LogP contribution in [0.25, 0.3) is 10.9 Å². The lowest BCUT2D eigenvalue weighted by atomic mass is 9.75. The van der Waals surface area contributed by atoms with Gasteiger partial charge in [0, 0.05) is 23.4 Å². The van der Waals surface area contributed by atoms with Crippen LogP contribution in [0.2, 0.25) is 0 Å². The Morgan fingerprint density at radius 2 is 1.83 bits per heavy atom. The summed E-state index contributed by atoms with van der Waals surface area (Å²) in [6.45, 7) is 9.04. The third-order valence-electron chi connectivity index (χ3n) is 7.39. The molecule has 1 aliphatic rings. The Kier molecular flexibility index (Phi) is 8.34. The molecule has 6 heteroatoms. The van der Waals surface area contributed by atoms with Crippen molar-refractivity contribution >= 4 is 28.5 Å². The average molecular weight is 488 g/mol. The van der Waals surface area contributed by atoms with E-state index in [4.69, 9.17) is 4.74 Å². The molecule has 6 nitrogen and oxygen atoms in total. The van der Waals surface area contributed by atoms with E-state index in [1.54, 1.807) is 19.1 Å². The molecular formula is C30H37N3O3. The highest BCUT2D eigenvalue weighted by atomic mass is 16.5. The van der Waals surface area contributed by atoms with Crippen LogP contribution >= 0.6 is 0 Å². The molecule has 3 aromatic rings. The minimum Gasteiger partial charge on any atom is -0.462 e. The van der Waals surface area contributed by atoms with E-state index in [0.29, 0.717) is 35.4 Å². The quantitative estimate of drug-likeness (QED) is 0.276.